The highest BCUT2D eigenvalue weighted by atomic mass is 35.5. The Morgan fingerprint density at radius 2 is 1.90 bits per heavy atom. The summed E-state index contributed by atoms with van der Waals surface area (Å²) < 4.78 is 0. The Labute approximate surface area is 128 Å². The molecule has 0 radical (unpaired) electrons. The normalized spacial score (nSPS) is 17.8. The Balaban J connectivity index is 1.60. The topological polar surface area (TPSA) is 45.2 Å². The lowest BCUT2D eigenvalue weighted by Crippen LogP contribution is -2.37. The van der Waals surface area contributed by atoms with Crippen LogP contribution in [0.2, 0.25) is 5.02 Å². The molecule has 1 fully saturated rings. The molecule has 1 aliphatic heterocycles. The zero-order valence-corrected chi connectivity index (χ0v) is 12.3. The minimum absolute atomic E-state index is 0.0413. The van der Waals surface area contributed by atoms with Crippen molar-refractivity contribution < 1.29 is 4.79 Å². The second-order valence-corrected chi connectivity index (χ2v) is 5.55. The first-order valence-electron chi connectivity index (χ1n) is 6.94. The molecule has 1 aromatic carbocycles. The molecule has 1 amide bonds. The molecule has 4 nitrogen and oxygen atoms in total. The van der Waals surface area contributed by atoms with Crippen molar-refractivity contribution in [1.29, 1.82) is 0 Å². The van der Waals surface area contributed by atoms with Gasteiger partial charge in [-0.1, -0.05) is 11.6 Å². The number of benzene rings is 1. The molecular weight excluding hydrogens is 286 g/mol. The number of nitrogens with zero attached hydrogens (tertiary/aromatic N) is 2. The minimum atomic E-state index is -0.0413. The van der Waals surface area contributed by atoms with Gasteiger partial charge in [-0.15, -0.1) is 0 Å². The smallest absolute Gasteiger partial charge is 0.251 e. The number of nitrogens with one attached hydrogen (secondary N) is 1. The van der Waals surface area contributed by atoms with Gasteiger partial charge in [-0.3, -0.25) is 9.78 Å². The fourth-order valence-corrected chi connectivity index (χ4v) is 2.66. The first kappa shape index (κ1) is 13.9. The monoisotopic (exact) mass is 301 g/mol. The number of aromatic nitrogens is 1. The molecule has 0 bridgehead atoms. The van der Waals surface area contributed by atoms with Gasteiger partial charge < -0.3 is 10.2 Å². The molecule has 0 unspecified atom stereocenters. The fraction of sp³-hybridized carbons (Fsp3) is 0.250. The molecule has 5 heteroatoms. The third-order valence-corrected chi connectivity index (χ3v) is 3.91. The van der Waals surface area contributed by atoms with Gasteiger partial charge in [0.2, 0.25) is 0 Å². The van der Waals surface area contributed by atoms with Gasteiger partial charge in [0.05, 0.1) is 0 Å². The fourth-order valence-electron chi connectivity index (χ4n) is 2.54. The van der Waals surface area contributed by atoms with E-state index >= 15 is 0 Å². The number of carbonyl (C=O) groups excluding carboxylic acids is 1. The van der Waals surface area contributed by atoms with Crippen LogP contribution < -0.4 is 10.2 Å². The van der Waals surface area contributed by atoms with Gasteiger partial charge in [0.15, 0.2) is 0 Å². The number of anilines is 1. The quantitative estimate of drug-likeness (QED) is 0.948. The highest BCUT2D eigenvalue weighted by Crippen LogP contribution is 2.22. The number of amides is 1. The SMILES string of the molecule is O=C(N[C@@H]1CCN(c2ccc(Cl)cc2)C1)c1ccncc1. The van der Waals surface area contributed by atoms with E-state index in [2.05, 4.69) is 15.2 Å². The van der Waals surface area contributed by atoms with Crippen LogP contribution in [0.5, 0.6) is 0 Å². The summed E-state index contributed by atoms with van der Waals surface area (Å²) in [6.45, 7) is 1.75. The van der Waals surface area contributed by atoms with E-state index in [1.54, 1.807) is 24.5 Å². The predicted molar refractivity (Wildman–Crippen MR) is 83.8 cm³/mol. The Morgan fingerprint density at radius 1 is 1.19 bits per heavy atom. The molecule has 3 rings (SSSR count). The molecule has 2 aromatic rings. The van der Waals surface area contributed by atoms with Crippen LogP contribution in [0.15, 0.2) is 48.8 Å². The zero-order chi connectivity index (χ0) is 14.7. The molecule has 2 heterocycles. The number of rotatable bonds is 3. The zero-order valence-electron chi connectivity index (χ0n) is 11.5. The van der Waals surface area contributed by atoms with Crippen LogP contribution in [0, 0.1) is 0 Å². The molecule has 1 aliphatic rings. The van der Waals surface area contributed by atoms with Crippen molar-refractivity contribution in [2.24, 2.45) is 0 Å². The maximum atomic E-state index is 12.1. The molecule has 0 spiro atoms. The van der Waals surface area contributed by atoms with E-state index < -0.39 is 0 Å². The second-order valence-electron chi connectivity index (χ2n) is 5.12. The number of hydrogen-bond acceptors (Lipinski definition) is 3. The molecule has 1 saturated heterocycles. The first-order chi connectivity index (χ1) is 10.2. The summed E-state index contributed by atoms with van der Waals surface area (Å²) in [4.78, 5) is 18.3. The van der Waals surface area contributed by atoms with Gasteiger partial charge in [-0.25, -0.2) is 0 Å². The van der Waals surface area contributed by atoms with Crippen LogP contribution in [-0.2, 0) is 0 Å². The van der Waals surface area contributed by atoms with Gasteiger partial charge in [-0.2, -0.15) is 0 Å². The lowest BCUT2D eigenvalue weighted by molar-refractivity contribution is 0.0940. The maximum absolute atomic E-state index is 12.1. The van der Waals surface area contributed by atoms with E-state index in [4.69, 9.17) is 11.6 Å². The summed E-state index contributed by atoms with van der Waals surface area (Å²) in [5, 5.41) is 3.81. The third-order valence-electron chi connectivity index (χ3n) is 3.66. The summed E-state index contributed by atoms with van der Waals surface area (Å²) in [5.74, 6) is -0.0413. The predicted octanol–water partition coefficient (Wildman–Crippen LogP) is 2.74. The summed E-state index contributed by atoms with van der Waals surface area (Å²) >= 11 is 5.90. The molecule has 1 atom stereocenters. The van der Waals surface area contributed by atoms with E-state index in [9.17, 15) is 4.79 Å². The van der Waals surface area contributed by atoms with E-state index in [1.807, 2.05) is 24.3 Å². The average Bonchev–Trinajstić information content (AvgIpc) is 2.97. The van der Waals surface area contributed by atoms with Crippen LogP contribution in [0.4, 0.5) is 5.69 Å². The Hall–Kier alpha value is -2.07. The highest BCUT2D eigenvalue weighted by molar-refractivity contribution is 6.30. The van der Waals surface area contributed by atoms with Crippen molar-refractivity contribution in [2.75, 3.05) is 18.0 Å². The van der Waals surface area contributed by atoms with Crippen molar-refractivity contribution in [3.8, 4) is 0 Å². The van der Waals surface area contributed by atoms with Gasteiger partial charge >= 0.3 is 0 Å². The van der Waals surface area contributed by atoms with Crippen molar-refractivity contribution >= 4 is 23.2 Å². The van der Waals surface area contributed by atoms with E-state index in [0.29, 0.717) is 5.56 Å². The number of hydrogen-bond donors (Lipinski definition) is 1. The largest absolute Gasteiger partial charge is 0.369 e. The standard InChI is InChI=1S/C16H16ClN3O/c17-13-1-3-15(4-2-13)20-10-7-14(11-20)19-16(21)12-5-8-18-9-6-12/h1-6,8-9,14H,7,10-11H2,(H,19,21)/t14-/m1/s1. The lowest BCUT2D eigenvalue weighted by Gasteiger charge is -2.19. The molecule has 0 aliphatic carbocycles. The Bertz CT molecular complexity index is 615. The van der Waals surface area contributed by atoms with Crippen LogP contribution in [0.25, 0.3) is 0 Å². The summed E-state index contributed by atoms with van der Waals surface area (Å²) in [5.41, 5.74) is 1.79. The van der Waals surface area contributed by atoms with E-state index in [1.165, 1.54) is 0 Å². The molecule has 1 aromatic heterocycles. The van der Waals surface area contributed by atoms with Crippen LogP contribution in [-0.4, -0.2) is 30.0 Å². The molecule has 1 N–H and O–H groups in total. The number of halogens is 1. The summed E-state index contributed by atoms with van der Waals surface area (Å²) in [7, 11) is 0. The minimum Gasteiger partial charge on any atom is -0.369 e. The van der Waals surface area contributed by atoms with Crippen LogP contribution >= 0.6 is 11.6 Å². The molecular formula is C16H16ClN3O. The maximum Gasteiger partial charge on any atom is 0.251 e. The number of carbonyl (C=O) groups is 1. The molecule has 108 valence electrons. The third kappa shape index (κ3) is 3.34. The van der Waals surface area contributed by atoms with Crippen molar-refractivity contribution in [2.45, 2.75) is 12.5 Å². The van der Waals surface area contributed by atoms with Gasteiger partial charge in [0.1, 0.15) is 0 Å². The highest BCUT2D eigenvalue weighted by Gasteiger charge is 2.24. The Morgan fingerprint density at radius 3 is 2.62 bits per heavy atom. The summed E-state index contributed by atoms with van der Waals surface area (Å²) in [6.07, 6.45) is 4.20. The van der Waals surface area contributed by atoms with Crippen LogP contribution in [0.1, 0.15) is 16.8 Å². The van der Waals surface area contributed by atoms with Gasteiger partial charge in [-0.05, 0) is 42.8 Å². The van der Waals surface area contributed by atoms with Crippen molar-refractivity contribution in [3.05, 3.63) is 59.4 Å². The van der Waals surface area contributed by atoms with E-state index in [0.717, 1.165) is 30.2 Å². The van der Waals surface area contributed by atoms with Crippen molar-refractivity contribution in [1.82, 2.24) is 10.3 Å². The van der Waals surface area contributed by atoms with Crippen LogP contribution in [0.3, 0.4) is 0 Å². The van der Waals surface area contributed by atoms with Gasteiger partial charge in [0.25, 0.3) is 5.91 Å². The lowest BCUT2D eigenvalue weighted by atomic mass is 10.2. The molecule has 0 saturated carbocycles. The average molecular weight is 302 g/mol. The van der Waals surface area contributed by atoms with E-state index in [-0.39, 0.29) is 11.9 Å². The Kier molecular flexibility index (Phi) is 4.06. The summed E-state index contributed by atoms with van der Waals surface area (Å²) in [6, 6.07) is 11.4. The first-order valence-corrected chi connectivity index (χ1v) is 7.31. The molecule has 21 heavy (non-hydrogen) atoms. The number of pyridine rings is 1. The second kappa shape index (κ2) is 6.14. The van der Waals surface area contributed by atoms with Crippen molar-refractivity contribution in [3.63, 3.8) is 0 Å². The van der Waals surface area contributed by atoms with Gasteiger partial charge in [0, 0.05) is 47.8 Å².